The van der Waals surface area contributed by atoms with Crippen LogP contribution in [0.3, 0.4) is 0 Å². The highest BCUT2D eigenvalue weighted by Gasteiger charge is 2.20. The monoisotopic (exact) mass is 385 g/mol. The molecule has 2 rings (SSSR count). The summed E-state index contributed by atoms with van der Waals surface area (Å²) in [6.45, 7) is 6.08. The molecule has 0 aliphatic rings. The molecule has 0 saturated heterocycles. The molecule has 2 N–H and O–H groups in total. The molecule has 0 unspecified atom stereocenters. The standard InChI is InChI=1S/C22H27NO5/c1-22(2,3)16-11-9-15(10-12-16)17(13-21(25)26)23-20(24)14-28-19-8-6-5-7-18(19)27-4/h5-12,17H,13-14H2,1-4H3,(H,23,24)(H,25,26)/t17-/m0/s1. The van der Waals surface area contributed by atoms with Crippen molar-refractivity contribution >= 4 is 11.9 Å². The van der Waals surface area contributed by atoms with Crippen molar-refractivity contribution in [2.75, 3.05) is 13.7 Å². The SMILES string of the molecule is COc1ccccc1OCC(=O)N[C@@H](CC(=O)O)c1ccc(C(C)(C)C)cc1. The largest absolute Gasteiger partial charge is 0.493 e. The van der Waals surface area contributed by atoms with Crippen LogP contribution in [0, 0.1) is 0 Å². The first kappa shape index (κ1) is 21.3. The zero-order chi connectivity index (χ0) is 20.7. The second kappa shape index (κ2) is 9.26. The van der Waals surface area contributed by atoms with E-state index >= 15 is 0 Å². The van der Waals surface area contributed by atoms with Crippen LogP contribution in [0.15, 0.2) is 48.5 Å². The molecule has 0 bridgehead atoms. The number of carbonyl (C=O) groups excluding carboxylic acids is 1. The normalized spacial score (nSPS) is 12.1. The van der Waals surface area contributed by atoms with Gasteiger partial charge in [0.1, 0.15) is 0 Å². The summed E-state index contributed by atoms with van der Waals surface area (Å²) in [7, 11) is 1.52. The van der Waals surface area contributed by atoms with E-state index in [1.165, 1.54) is 7.11 Å². The summed E-state index contributed by atoms with van der Waals surface area (Å²) in [5.41, 5.74) is 1.87. The quantitative estimate of drug-likeness (QED) is 0.724. The molecule has 0 fully saturated rings. The van der Waals surface area contributed by atoms with Crippen molar-refractivity contribution in [3.05, 3.63) is 59.7 Å². The summed E-state index contributed by atoms with van der Waals surface area (Å²) in [6.07, 6.45) is -0.213. The van der Waals surface area contributed by atoms with Gasteiger partial charge in [-0.1, -0.05) is 57.2 Å². The lowest BCUT2D eigenvalue weighted by Gasteiger charge is -2.22. The third kappa shape index (κ3) is 6.01. The first-order chi connectivity index (χ1) is 13.2. The van der Waals surface area contributed by atoms with Gasteiger partial charge in [-0.25, -0.2) is 0 Å². The Labute approximate surface area is 165 Å². The zero-order valence-electron chi connectivity index (χ0n) is 16.7. The average Bonchev–Trinajstić information content (AvgIpc) is 2.65. The average molecular weight is 385 g/mol. The Morgan fingerprint density at radius 1 is 1.04 bits per heavy atom. The fourth-order valence-corrected chi connectivity index (χ4v) is 2.76. The van der Waals surface area contributed by atoms with Gasteiger partial charge in [-0.2, -0.15) is 0 Å². The van der Waals surface area contributed by atoms with Crippen molar-refractivity contribution in [1.29, 1.82) is 0 Å². The van der Waals surface area contributed by atoms with E-state index in [2.05, 4.69) is 26.1 Å². The molecular weight excluding hydrogens is 358 g/mol. The minimum Gasteiger partial charge on any atom is -0.493 e. The van der Waals surface area contributed by atoms with Crippen LogP contribution in [0.1, 0.15) is 44.4 Å². The highest BCUT2D eigenvalue weighted by Crippen LogP contribution is 2.26. The van der Waals surface area contributed by atoms with Gasteiger partial charge in [0.05, 0.1) is 19.6 Å². The van der Waals surface area contributed by atoms with E-state index in [-0.39, 0.29) is 18.4 Å². The van der Waals surface area contributed by atoms with Crippen molar-refractivity contribution in [1.82, 2.24) is 5.32 Å². The van der Waals surface area contributed by atoms with Crippen LogP contribution in [0.5, 0.6) is 11.5 Å². The van der Waals surface area contributed by atoms with E-state index in [9.17, 15) is 14.7 Å². The maximum Gasteiger partial charge on any atom is 0.305 e. The van der Waals surface area contributed by atoms with E-state index in [0.29, 0.717) is 11.5 Å². The van der Waals surface area contributed by atoms with Crippen LogP contribution in [0.25, 0.3) is 0 Å². The van der Waals surface area contributed by atoms with Crippen molar-refractivity contribution in [2.45, 2.75) is 38.6 Å². The van der Waals surface area contributed by atoms with Gasteiger partial charge < -0.3 is 19.9 Å². The molecule has 150 valence electrons. The van der Waals surface area contributed by atoms with Crippen molar-refractivity contribution in [3.63, 3.8) is 0 Å². The molecule has 2 aromatic carbocycles. The van der Waals surface area contributed by atoms with Gasteiger partial charge in [0, 0.05) is 0 Å². The van der Waals surface area contributed by atoms with Crippen LogP contribution in [0.2, 0.25) is 0 Å². The highest BCUT2D eigenvalue weighted by molar-refractivity contribution is 5.79. The summed E-state index contributed by atoms with van der Waals surface area (Å²) in [5, 5.41) is 12.0. The van der Waals surface area contributed by atoms with Crippen molar-refractivity contribution < 1.29 is 24.2 Å². The molecule has 0 heterocycles. The number of methoxy groups -OCH3 is 1. The van der Waals surface area contributed by atoms with E-state index in [0.717, 1.165) is 11.1 Å². The highest BCUT2D eigenvalue weighted by atomic mass is 16.5. The number of ether oxygens (including phenoxy) is 2. The molecule has 0 spiro atoms. The smallest absolute Gasteiger partial charge is 0.305 e. The molecule has 1 amide bonds. The van der Waals surface area contributed by atoms with Gasteiger partial charge in [-0.3, -0.25) is 9.59 Å². The lowest BCUT2D eigenvalue weighted by atomic mass is 9.86. The summed E-state index contributed by atoms with van der Waals surface area (Å²) < 4.78 is 10.7. The third-order valence-electron chi connectivity index (χ3n) is 4.32. The van der Waals surface area contributed by atoms with Gasteiger partial charge in [0.2, 0.25) is 0 Å². The van der Waals surface area contributed by atoms with Crippen LogP contribution in [-0.2, 0) is 15.0 Å². The lowest BCUT2D eigenvalue weighted by molar-refractivity contribution is -0.137. The Bertz CT molecular complexity index is 808. The predicted molar refractivity (Wildman–Crippen MR) is 107 cm³/mol. The number of aliphatic carboxylic acids is 1. The minimum absolute atomic E-state index is 0.00729. The molecule has 0 radical (unpaired) electrons. The first-order valence-electron chi connectivity index (χ1n) is 9.08. The van der Waals surface area contributed by atoms with Crippen molar-refractivity contribution in [2.24, 2.45) is 0 Å². The number of amides is 1. The zero-order valence-corrected chi connectivity index (χ0v) is 16.7. The van der Waals surface area contributed by atoms with Crippen LogP contribution < -0.4 is 14.8 Å². The maximum absolute atomic E-state index is 12.3. The number of carboxylic acid groups (broad SMARTS) is 1. The molecule has 1 atom stereocenters. The van der Waals surface area contributed by atoms with E-state index in [1.54, 1.807) is 24.3 Å². The lowest BCUT2D eigenvalue weighted by Crippen LogP contribution is -2.34. The van der Waals surface area contributed by atoms with E-state index < -0.39 is 17.9 Å². The van der Waals surface area contributed by atoms with Crippen LogP contribution in [-0.4, -0.2) is 30.7 Å². The summed E-state index contributed by atoms with van der Waals surface area (Å²) in [6, 6.07) is 14.0. The molecule has 6 nitrogen and oxygen atoms in total. The molecule has 0 aromatic heterocycles. The number of carbonyl (C=O) groups is 2. The number of benzene rings is 2. The van der Waals surface area contributed by atoms with Crippen LogP contribution >= 0.6 is 0 Å². The number of hydrogen-bond donors (Lipinski definition) is 2. The van der Waals surface area contributed by atoms with Gasteiger partial charge in [0.25, 0.3) is 5.91 Å². The van der Waals surface area contributed by atoms with Crippen LogP contribution in [0.4, 0.5) is 0 Å². The number of carboxylic acids is 1. The molecule has 6 heteroatoms. The second-order valence-corrected chi connectivity index (χ2v) is 7.53. The topological polar surface area (TPSA) is 84.9 Å². The predicted octanol–water partition coefficient (Wildman–Crippen LogP) is 3.70. The Morgan fingerprint density at radius 2 is 1.64 bits per heavy atom. The summed E-state index contributed by atoms with van der Waals surface area (Å²) in [4.78, 5) is 23.6. The van der Waals surface area contributed by atoms with Gasteiger partial charge in [0.15, 0.2) is 18.1 Å². The number of para-hydroxylation sites is 2. The Kier molecular flexibility index (Phi) is 7.04. The van der Waals surface area contributed by atoms with Gasteiger partial charge in [-0.05, 0) is 28.7 Å². The van der Waals surface area contributed by atoms with Gasteiger partial charge in [-0.15, -0.1) is 0 Å². The minimum atomic E-state index is -0.990. The maximum atomic E-state index is 12.3. The fourth-order valence-electron chi connectivity index (χ4n) is 2.76. The molecule has 0 aliphatic heterocycles. The fraction of sp³-hybridized carbons (Fsp3) is 0.364. The molecule has 0 saturated carbocycles. The number of nitrogens with one attached hydrogen (secondary N) is 1. The third-order valence-corrected chi connectivity index (χ3v) is 4.32. The van der Waals surface area contributed by atoms with E-state index in [1.807, 2.05) is 24.3 Å². The summed E-state index contributed by atoms with van der Waals surface area (Å²) in [5.74, 6) is -0.424. The Hall–Kier alpha value is -3.02. The number of hydrogen-bond acceptors (Lipinski definition) is 4. The molecule has 28 heavy (non-hydrogen) atoms. The van der Waals surface area contributed by atoms with E-state index in [4.69, 9.17) is 9.47 Å². The Morgan fingerprint density at radius 3 is 2.18 bits per heavy atom. The second-order valence-electron chi connectivity index (χ2n) is 7.53. The molecule has 2 aromatic rings. The summed E-state index contributed by atoms with van der Waals surface area (Å²) >= 11 is 0. The number of rotatable bonds is 8. The molecular formula is C22H27NO5. The van der Waals surface area contributed by atoms with Gasteiger partial charge >= 0.3 is 5.97 Å². The molecule has 0 aliphatic carbocycles. The van der Waals surface area contributed by atoms with Crippen molar-refractivity contribution in [3.8, 4) is 11.5 Å². The Balaban J connectivity index is 2.07. The first-order valence-corrected chi connectivity index (χ1v) is 9.08.